The van der Waals surface area contributed by atoms with E-state index in [0.29, 0.717) is 0 Å². The van der Waals surface area contributed by atoms with Crippen LogP contribution in [0, 0.1) is 11.2 Å². The highest BCUT2D eigenvalue weighted by molar-refractivity contribution is 6.15. The second kappa shape index (κ2) is 5.65. The Bertz CT molecular complexity index is 672. The summed E-state index contributed by atoms with van der Waals surface area (Å²) in [7, 11) is 0. The summed E-state index contributed by atoms with van der Waals surface area (Å²) in [6, 6.07) is 3.09. The summed E-state index contributed by atoms with van der Waals surface area (Å²) >= 11 is 0. The molecule has 0 spiro atoms. The molecule has 0 saturated heterocycles. The number of hydrogen-bond donors (Lipinski definition) is 3. The van der Waals surface area contributed by atoms with Gasteiger partial charge in [0.05, 0.1) is 11.3 Å². The number of nitrogen functional groups attached to an aromatic ring is 2. The third-order valence-electron chi connectivity index (χ3n) is 2.59. The summed E-state index contributed by atoms with van der Waals surface area (Å²) < 4.78 is 41.7. The van der Waals surface area contributed by atoms with Gasteiger partial charge < -0.3 is 16.2 Å². The molecule has 2 rings (SSSR count). The quantitative estimate of drug-likeness (QED) is 0.745. The van der Waals surface area contributed by atoms with Crippen LogP contribution in [0.1, 0.15) is 11.1 Å². The molecule has 6 nitrogen and oxygen atoms in total. The molecule has 9 heteroatoms. The first-order valence-corrected chi connectivity index (χ1v) is 5.59. The fourth-order valence-electron chi connectivity index (χ4n) is 1.66. The standard InChI is InChI=1S/C12H10F3N5O/c13-6-3-5(1-2-7(6)21-12(14)15)9(16)8-10(17)19-4-20-11(8)18/h1-4,12,16H,(H4,17,18,19,20). The minimum absolute atomic E-state index is 0.0409. The van der Waals surface area contributed by atoms with Crippen molar-refractivity contribution in [2.75, 3.05) is 11.5 Å². The number of aromatic nitrogens is 2. The molecule has 0 fully saturated rings. The van der Waals surface area contributed by atoms with Gasteiger partial charge in [0, 0.05) is 5.56 Å². The maximum atomic E-state index is 13.6. The highest BCUT2D eigenvalue weighted by atomic mass is 19.3. The van der Waals surface area contributed by atoms with E-state index in [4.69, 9.17) is 16.9 Å². The van der Waals surface area contributed by atoms with Crippen LogP contribution in [0.5, 0.6) is 5.75 Å². The Morgan fingerprint density at radius 3 is 2.33 bits per heavy atom. The highest BCUT2D eigenvalue weighted by Crippen LogP contribution is 2.24. The van der Waals surface area contributed by atoms with Crippen molar-refractivity contribution in [2.24, 2.45) is 0 Å². The number of nitrogens with zero attached hydrogens (tertiary/aromatic N) is 2. The first kappa shape index (κ1) is 14.6. The van der Waals surface area contributed by atoms with Gasteiger partial charge in [-0.3, -0.25) is 5.41 Å². The van der Waals surface area contributed by atoms with E-state index >= 15 is 0 Å². The van der Waals surface area contributed by atoms with Crippen LogP contribution in [0.25, 0.3) is 0 Å². The molecule has 0 aliphatic heterocycles. The molecule has 0 bridgehead atoms. The lowest BCUT2D eigenvalue weighted by molar-refractivity contribution is -0.0521. The SMILES string of the molecule is N=C(c1ccc(OC(F)F)c(F)c1)c1c(N)ncnc1N. The molecule has 2 aromatic rings. The van der Waals surface area contributed by atoms with Gasteiger partial charge in [0.15, 0.2) is 11.6 Å². The van der Waals surface area contributed by atoms with Gasteiger partial charge in [-0.05, 0) is 18.2 Å². The Hall–Kier alpha value is -2.84. The number of hydrogen-bond acceptors (Lipinski definition) is 6. The smallest absolute Gasteiger partial charge is 0.387 e. The van der Waals surface area contributed by atoms with E-state index in [9.17, 15) is 13.2 Å². The fourth-order valence-corrected chi connectivity index (χ4v) is 1.66. The average molecular weight is 297 g/mol. The number of anilines is 2. The van der Waals surface area contributed by atoms with E-state index in [0.717, 1.165) is 18.5 Å². The highest BCUT2D eigenvalue weighted by Gasteiger charge is 2.17. The number of ether oxygens (including phenoxy) is 1. The lowest BCUT2D eigenvalue weighted by atomic mass is 10.0. The molecule has 110 valence electrons. The monoisotopic (exact) mass is 297 g/mol. The molecule has 0 radical (unpaired) electrons. The maximum Gasteiger partial charge on any atom is 0.387 e. The van der Waals surface area contributed by atoms with Crippen molar-refractivity contribution in [1.82, 2.24) is 9.97 Å². The summed E-state index contributed by atoms with van der Waals surface area (Å²) in [6.45, 7) is -3.14. The number of benzene rings is 1. The van der Waals surface area contributed by atoms with Crippen LogP contribution in [0.3, 0.4) is 0 Å². The second-order valence-corrected chi connectivity index (χ2v) is 3.92. The van der Waals surface area contributed by atoms with Gasteiger partial charge in [-0.2, -0.15) is 8.78 Å². The van der Waals surface area contributed by atoms with Crippen molar-refractivity contribution >= 4 is 17.3 Å². The van der Waals surface area contributed by atoms with Crippen molar-refractivity contribution in [3.63, 3.8) is 0 Å². The molecular weight excluding hydrogens is 287 g/mol. The van der Waals surface area contributed by atoms with E-state index in [1.54, 1.807) is 0 Å². The van der Waals surface area contributed by atoms with E-state index in [-0.39, 0.29) is 28.5 Å². The molecule has 0 atom stereocenters. The van der Waals surface area contributed by atoms with Crippen LogP contribution >= 0.6 is 0 Å². The Morgan fingerprint density at radius 1 is 1.19 bits per heavy atom. The average Bonchev–Trinajstić information content (AvgIpc) is 2.40. The molecule has 5 N–H and O–H groups in total. The first-order valence-electron chi connectivity index (χ1n) is 5.59. The molecule has 0 unspecified atom stereocenters. The molecule has 1 aromatic carbocycles. The van der Waals surface area contributed by atoms with Gasteiger partial charge in [-0.15, -0.1) is 0 Å². The van der Waals surface area contributed by atoms with Crippen molar-refractivity contribution < 1.29 is 17.9 Å². The first-order chi connectivity index (χ1) is 9.90. The second-order valence-electron chi connectivity index (χ2n) is 3.92. The van der Waals surface area contributed by atoms with Crippen molar-refractivity contribution in [1.29, 1.82) is 5.41 Å². The zero-order valence-corrected chi connectivity index (χ0v) is 10.5. The molecule has 21 heavy (non-hydrogen) atoms. The zero-order valence-electron chi connectivity index (χ0n) is 10.5. The Labute approximate surface area is 117 Å². The van der Waals surface area contributed by atoms with Crippen LogP contribution in [0.2, 0.25) is 0 Å². The van der Waals surface area contributed by atoms with E-state index in [2.05, 4.69) is 14.7 Å². The lowest BCUT2D eigenvalue weighted by Gasteiger charge is -2.11. The Balaban J connectivity index is 2.39. The summed E-state index contributed by atoms with van der Waals surface area (Å²) in [4.78, 5) is 7.39. The molecule has 0 aliphatic carbocycles. The molecule has 0 saturated carbocycles. The Morgan fingerprint density at radius 2 is 1.81 bits per heavy atom. The van der Waals surface area contributed by atoms with Gasteiger partial charge in [0.1, 0.15) is 18.0 Å². The maximum absolute atomic E-state index is 13.6. The molecule has 0 aliphatic rings. The lowest BCUT2D eigenvalue weighted by Crippen LogP contribution is -2.12. The van der Waals surface area contributed by atoms with E-state index in [1.807, 2.05) is 0 Å². The van der Waals surface area contributed by atoms with Crippen molar-refractivity contribution in [3.8, 4) is 5.75 Å². The largest absolute Gasteiger partial charge is 0.432 e. The van der Waals surface area contributed by atoms with Gasteiger partial charge >= 0.3 is 6.61 Å². The normalized spacial score (nSPS) is 10.7. The minimum Gasteiger partial charge on any atom is -0.432 e. The molecule has 0 amide bonds. The molecular formula is C12H10F3N5O. The van der Waals surface area contributed by atoms with Crippen molar-refractivity contribution in [2.45, 2.75) is 6.61 Å². The van der Waals surface area contributed by atoms with Gasteiger partial charge in [-0.1, -0.05) is 0 Å². The summed E-state index contributed by atoms with van der Waals surface area (Å²) in [5.41, 5.74) is 11.1. The number of rotatable bonds is 4. The van der Waals surface area contributed by atoms with Crippen LogP contribution in [0.4, 0.5) is 24.8 Å². The zero-order chi connectivity index (χ0) is 15.6. The third kappa shape index (κ3) is 3.02. The fraction of sp³-hybridized carbons (Fsp3) is 0.0833. The van der Waals surface area contributed by atoms with Crippen LogP contribution in [-0.2, 0) is 0 Å². The number of halogens is 3. The third-order valence-corrected chi connectivity index (χ3v) is 2.59. The summed E-state index contributed by atoms with van der Waals surface area (Å²) in [5.74, 6) is -1.74. The van der Waals surface area contributed by atoms with Gasteiger partial charge in [0.2, 0.25) is 0 Å². The minimum atomic E-state index is -3.14. The van der Waals surface area contributed by atoms with Crippen LogP contribution in [0.15, 0.2) is 24.5 Å². The number of nitrogens with two attached hydrogens (primary N) is 2. The molecule has 1 heterocycles. The molecule has 1 aromatic heterocycles. The number of nitrogens with one attached hydrogen (secondary N) is 1. The topological polar surface area (TPSA) is 111 Å². The summed E-state index contributed by atoms with van der Waals surface area (Å²) in [6.07, 6.45) is 1.13. The van der Waals surface area contributed by atoms with E-state index < -0.39 is 18.2 Å². The van der Waals surface area contributed by atoms with Gasteiger partial charge in [0.25, 0.3) is 0 Å². The predicted molar refractivity (Wildman–Crippen MR) is 69.8 cm³/mol. The Kier molecular flexibility index (Phi) is 3.92. The number of alkyl halides is 2. The van der Waals surface area contributed by atoms with Crippen molar-refractivity contribution in [3.05, 3.63) is 41.5 Å². The van der Waals surface area contributed by atoms with Crippen LogP contribution < -0.4 is 16.2 Å². The van der Waals surface area contributed by atoms with Gasteiger partial charge in [-0.25, -0.2) is 14.4 Å². The van der Waals surface area contributed by atoms with E-state index in [1.165, 1.54) is 6.07 Å². The predicted octanol–water partition coefficient (Wildman–Crippen LogP) is 1.80. The summed E-state index contributed by atoms with van der Waals surface area (Å²) in [5, 5.41) is 7.97. The van der Waals surface area contributed by atoms with Crippen LogP contribution in [-0.4, -0.2) is 22.3 Å².